The molecule has 0 aliphatic heterocycles. The summed E-state index contributed by atoms with van der Waals surface area (Å²) in [7, 11) is 0. The van der Waals surface area contributed by atoms with Crippen LogP contribution in [0.15, 0.2) is 18.2 Å². The highest BCUT2D eigenvalue weighted by Crippen LogP contribution is 2.27. The van der Waals surface area contributed by atoms with E-state index in [-0.39, 0.29) is 11.3 Å². The van der Waals surface area contributed by atoms with E-state index in [4.69, 9.17) is 5.73 Å². The second-order valence-corrected chi connectivity index (χ2v) is 3.54. The van der Waals surface area contributed by atoms with Crippen LogP contribution in [0.1, 0.15) is 30.1 Å². The Kier molecular flexibility index (Phi) is 4.13. The predicted molar refractivity (Wildman–Crippen MR) is 60.1 cm³/mol. The van der Waals surface area contributed by atoms with Gasteiger partial charge < -0.3 is 21.3 Å². The lowest BCUT2D eigenvalue weighted by Crippen LogP contribution is -2.41. The van der Waals surface area contributed by atoms with Crippen molar-refractivity contribution in [1.82, 2.24) is 5.32 Å². The molecule has 0 heterocycles. The van der Waals surface area contributed by atoms with Crippen LogP contribution in [0.4, 0.5) is 0 Å². The van der Waals surface area contributed by atoms with Gasteiger partial charge in [0.05, 0.1) is 11.7 Å². The molecule has 5 nitrogen and oxygen atoms in total. The smallest absolute Gasteiger partial charge is 0.256 e. The van der Waals surface area contributed by atoms with Crippen molar-refractivity contribution in [3.8, 4) is 11.5 Å². The van der Waals surface area contributed by atoms with E-state index in [9.17, 15) is 15.0 Å². The Morgan fingerprint density at radius 2 is 2.19 bits per heavy atom. The van der Waals surface area contributed by atoms with E-state index in [0.29, 0.717) is 6.42 Å². The van der Waals surface area contributed by atoms with Gasteiger partial charge in [-0.15, -0.1) is 0 Å². The molecule has 0 saturated carbocycles. The number of rotatable bonds is 4. The minimum atomic E-state index is -0.491. The van der Waals surface area contributed by atoms with Gasteiger partial charge in [0.25, 0.3) is 5.91 Å². The van der Waals surface area contributed by atoms with E-state index in [1.165, 1.54) is 18.2 Å². The van der Waals surface area contributed by atoms with E-state index in [2.05, 4.69) is 5.32 Å². The molecule has 1 aromatic rings. The molecule has 16 heavy (non-hydrogen) atoms. The molecule has 5 heteroatoms. The van der Waals surface area contributed by atoms with Gasteiger partial charge in [0, 0.05) is 0 Å². The largest absolute Gasteiger partial charge is 0.504 e. The number of para-hydroxylation sites is 1. The molecule has 5 N–H and O–H groups in total. The highest BCUT2D eigenvalue weighted by Gasteiger charge is 2.15. The number of phenolic OH excluding ortho intramolecular Hbond substituents is 2. The number of aromatic hydroxyl groups is 2. The summed E-state index contributed by atoms with van der Waals surface area (Å²) in [5, 5.41) is 21.2. The molecule has 88 valence electrons. The van der Waals surface area contributed by atoms with Gasteiger partial charge in [0.15, 0.2) is 11.5 Å². The summed E-state index contributed by atoms with van der Waals surface area (Å²) in [5.41, 5.74) is 5.65. The van der Waals surface area contributed by atoms with Crippen LogP contribution < -0.4 is 11.1 Å². The van der Waals surface area contributed by atoms with Gasteiger partial charge in [0.1, 0.15) is 0 Å². The summed E-state index contributed by atoms with van der Waals surface area (Å²) in [6.45, 7) is 1.96. The molecule has 0 saturated heterocycles. The third-order valence-electron chi connectivity index (χ3n) is 2.18. The summed E-state index contributed by atoms with van der Waals surface area (Å²) in [5.74, 6) is -1.24. The SMILES string of the molecule is CCCC(N)NC(=O)c1cccc(O)c1O. The summed E-state index contributed by atoms with van der Waals surface area (Å²) in [4.78, 5) is 11.6. The molecule has 0 radical (unpaired) electrons. The van der Waals surface area contributed by atoms with Crippen LogP contribution >= 0.6 is 0 Å². The lowest BCUT2D eigenvalue weighted by atomic mass is 10.1. The van der Waals surface area contributed by atoms with E-state index >= 15 is 0 Å². The standard InChI is InChI=1S/C11H16N2O3/c1-2-4-9(12)13-11(16)7-5-3-6-8(14)10(7)15/h3,5-6,9,14-15H,2,4,12H2,1H3,(H,13,16). The van der Waals surface area contributed by atoms with Crippen LogP contribution in [0.2, 0.25) is 0 Å². The average Bonchev–Trinajstić information content (AvgIpc) is 2.22. The van der Waals surface area contributed by atoms with Gasteiger partial charge in [-0.3, -0.25) is 4.79 Å². The molecule has 0 aromatic heterocycles. The monoisotopic (exact) mass is 224 g/mol. The highest BCUT2D eigenvalue weighted by atomic mass is 16.3. The third kappa shape index (κ3) is 2.87. The first kappa shape index (κ1) is 12.3. The maximum absolute atomic E-state index is 11.6. The fourth-order valence-electron chi connectivity index (χ4n) is 1.34. The average molecular weight is 224 g/mol. The number of nitrogens with two attached hydrogens (primary N) is 1. The fraction of sp³-hybridized carbons (Fsp3) is 0.364. The van der Waals surface area contributed by atoms with Gasteiger partial charge in [-0.1, -0.05) is 19.4 Å². The first-order valence-electron chi connectivity index (χ1n) is 5.13. The maximum atomic E-state index is 11.6. The van der Waals surface area contributed by atoms with Crippen LogP contribution in [0, 0.1) is 0 Å². The highest BCUT2D eigenvalue weighted by molar-refractivity contribution is 5.97. The molecule has 1 atom stereocenters. The zero-order valence-electron chi connectivity index (χ0n) is 9.10. The van der Waals surface area contributed by atoms with Crippen molar-refractivity contribution in [1.29, 1.82) is 0 Å². The van der Waals surface area contributed by atoms with E-state index in [1.807, 2.05) is 6.92 Å². The van der Waals surface area contributed by atoms with Gasteiger partial charge in [-0.2, -0.15) is 0 Å². The number of hydrogen-bond acceptors (Lipinski definition) is 4. The molecule has 1 aromatic carbocycles. The Hall–Kier alpha value is -1.75. The van der Waals surface area contributed by atoms with E-state index < -0.39 is 17.8 Å². The van der Waals surface area contributed by atoms with Crippen LogP contribution in [-0.4, -0.2) is 22.3 Å². The molecule has 1 unspecified atom stereocenters. The second kappa shape index (κ2) is 5.37. The van der Waals surface area contributed by atoms with Crippen molar-refractivity contribution in [2.24, 2.45) is 5.73 Å². The number of amides is 1. The summed E-state index contributed by atoms with van der Waals surface area (Å²) >= 11 is 0. The van der Waals surface area contributed by atoms with Crippen LogP contribution in [0.25, 0.3) is 0 Å². The summed E-state index contributed by atoms with van der Waals surface area (Å²) in [6.07, 6.45) is 1.07. The Morgan fingerprint density at radius 1 is 1.50 bits per heavy atom. The number of benzene rings is 1. The van der Waals surface area contributed by atoms with Crippen molar-refractivity contribution in [2.45, 2.75) is 25.9 Å². The Labute approximate surface area is 93.9 Å². The lowest BCUT2D eigenvalue weighted by Gasteiger charge is -2.13. The minimum Gasteiger partial charge on any atom is -0.504 e. The zero-order valence-corrected chi connectivity index (χ0v) is 9.10. The van der Waals surface area contributed by atoms with Crippen molar-refractivity contribution < 1.29 is 15.0 Å². The number of phenols is 2. The first-order valence-corrected chi connectivity index (χ1v) is 5.13. The van der Waals surface area contributed by atoms with Gasteiger partial charge in [-0.05, 0) is 18.6 Å². The topological polar surface area (TPSA) is 95.6 Å². The zero-order chi connectivity index (χ0) is 12.1. The van der Waals surface area contributed by atoms with Crippen molar-refractivity contribution in [3.63, 3.8) is 0 Å². The number of carbonyl (C=O) groups excluding carboxylic acids is 1. The summed E-state index contributed by atoms with van der Waals surface area (Å²) in [6, 6.07) is 4.20. The van der Waals surface area contributed by atoms with E-state index in [0.717, 1.165) is 6.42 Å². The van der Waals surface area contributed by atoms with Crippen LogP contribution in [0.3, 0.4) is 0 Å². The lowest BCUT2D eigenvalue weighted by molar-refractivity contribution is 0.0932. The van der Waals surface area contributed by atoms with E-state index in [1.54, 1.807) is 0 Å². The number of nitrogens with one attached hydrogen (secondary N) is 1. The summed E-state index contributed by atoms with van der Waals surface area (Å²) < 4.78 is 0. The molecular formula is C11H16N2O3. The molecule has 0 aliphatic carbocycles. The van der Waals surface area contributed by atoms with Gasteiger partial charge >= 0.3 is 0 Å². The van der Waals surface area contributed by atoms with Gasteiger partial charge in [-0.25, -0.2) is 0 Å². The Balaban J connectivity index is 2.77. The third-order valence-corrected chi connectivity index (χ3v) is 2.18. The Morgan fingerprint density at radius 3 is 2.81 bits per heavy atom. The molecule has 1 rings (SSSR count). The predicted octanol–water partition coefficient (Wildman–Crippen LogP) is 0.912. The second-order valence-electron chi connectivity index (χ2n) is 3.54. The van der Waals surface area contributed by atoms with Crippen molar-refractivity contribution >= 4 is 5.91 Å². The van der Waals surface area contributed by atoms with Crippen molar-refractivity contribution in [2.75, 3.05) is 0 Å². The van der Waals surface area contributed by atoms with Crippen molar-refractivity contribution in [3.05, 3.63) is 23.8 Å². The number of carbonyl (C=O) groups is 1. The number of hydrogen-bond donors (Lipinski definition) is 4. The quantitative estimate of drug-likeness (QED) is 0.451. The molecule has 0 fully saturated rings. The van der Waals surface area contributed by atoms with Crippen LogP contribution in [-0.2, 0) is 0 Å². The fourth-order valence-corrected chi connectivity index (χ4v) is 1.34. The normalized spacial score (nSPS) is 12.1. The first-order chi connectivity index (χ1) is 7.56. The maximum Gasteiger partial charge on any atom is 0.256 e. The molecule has 0 spiro atoms. The minimum absolute atomic E-state index is 0.0200. The molecular weight excluding hydrogens is 208 g/mol. The Bertz CT molecular complexity index is 379. The molecule has 1 amide bonds. The van der Waals surface area contributed by atoms with Gasteiger partial charge in [0.2, 0.25) is 0 Å². The molecule has 0 aliphatic rings. The molecule has 0 bridgehead atoms. The van der Waals surface area contributed by atoms with Crippen LogP contribution in [0.5, 0.6) is 11.5 Å².